The van der Waals surface area contributed by atoms with Gasteiger partial charge in [-0.05, 0) is 30.3 Å². The van der Waals surface area contributed by atoms with Crippen molar-refractivity contribution >= 4 is 5.57 Å². The van der Waals surface area contributed by atoms with Crippen molar-refractivity contribution in [3.63, 3.8) is 0 Å². The average Bonchev–Trinajstić information content (AvgIpc) is 3.02. The van der Waals surface area contributed by atoms with E-state index in [-0.39, 0.29) is 0 Å². The maximum Gasteiger partial charge on any atom is 0.136 e. The largest absolute Gasteiger partial charge is 0.377 e. The Labute approximate surface area is 155 Å². The Hall–Kier alpha value is -2.40. The molecule has 2 N–H and O–H groups in total. The molecule has 2 aromatic rings. The Morgan fingerprint density at radius 2 is 1.50 bits per heavy atom. The fraction of sp³-hybridized carbons (Fsp3) is 0.273. The zero-order valence-electron chi connectivity index (χ0n) is 15.1. The van der Waals surface area contributed by atoms with E-state index in [4.69, 9.17) is 0 Å². The lowest BCUT2D eigenvalue weighted by molar-refractivity contribution is 0.118. The first-order valence-electron chi connectivity index (χ1n) is 9.14. The number of allylic oxidation sites excluding steroid dienone is 1. The maximum atomic E-state index is 11.6. The van der Waals surface area contributed by atoms with Gasteiger partial charge in [0.05, 0.1) is 0 Å². The Kier molecular flexibility index (Phi) is 4.64. The quantitative estimate of drug-likeness (QED) is 0.892. The topological polar surface area (TPSA) is 38.7 Å². The summed E-state index contributed by atoms with van der Waals surface area (Å²) in [5.74, 6) is 0. The number of nitrogens with zero attached hydrogens (tertiary/aromatic N) is 2. The van der Waals surface area contributed by atoms with Crippen molar-refractivity contribution in [2.75, 3.05) is 33.2 Å². The van der Waals surface area contributed by atoms with Crippen LogP contribution in [0.15, 0.2) is 78.5 Å². The number of benzene rings is 2. The summed E-state index contributed by atoms with van der Waals surface area (Å²) in [4.78, 5) is 2.33. The second kappa shape index (κ2) is 7.08. The number of hydrogen-bond acceptors (Lipinski definition) is 4. The number of hydrogen-bond donors (Lipinski definition) is 2. The van der Waals surface area contributed by atoms with Crippen molar-refractivity contribution in [1.29, 1.82) is 0 Å². The average molecular weight is 347 g/mol. The van der Waals surface area contributed by atoms with Crippen molar-refractivity contribution in [2.45, 2.75) is 5.60 Å². The van der Waals surface area contributed by atoms with Crippen LogP contribution in [0.4, 0.5) is 0 Å². The number of nitrogens with one attached hydrogen (secondary N) is 1. The lowest BCUT2D eigenvalue weighted by atomic mass is 9.85. The number of aliphatic hydroxyl groups is 1. The summed E-state index contributed by atoms with van der Waals surface area (Å²) in [7, 11) is 2.15. The summed E-state index contributed by atoms with van der Waals surface area (Å²) < 4.78 is 0. The molecule has 0 spiro atoms. The molecule has 0 radical (unpaired) electrons. The normalized spacial score (nSPS) is 24.2. The molecule has 0 aromatic heterocycles. The van der Waals surface area contributed by atoms with Crippen LogP contribution in [-0.4, -0.2) is 48.2 Å². The molecule has 1 heterocycles. The Balaban J connectivity index is 1.66. The lowest BCUT2D eigenvalue weighted by Crippen LogP contribution is -2.50. The van der Waals surface area contributed by atoms with Gasteiger partial charge >= 0.3 is 0 Å². The molecule has 0 unspecified atom stereocenters. The molecule has 134 valence electrons. The van der Waals surface area contributed by atoms with E-state index in [1.807, 2.05) is 66.7 Å². The lowest BCUT2D eigenvalue weighted by Gasteiger charge is -2.33. The molecular weight excluding hydrogens is 322 g/mol. The maximum absolute atomic E-state index is 11.6. The summed E-state index contributed by atoms with van der Waals surface area (Å²) in [6.07, 6.45) is 4.00. The molecule has 26 heavy (non-hydrogen) atoms. The zero-order chi connectivity index (χ0) is 18.0. The molecule has 2 aliphatic rings. The van der Waals surface area contributed by atoms with Crippen LogP contribution in [0, 0.1) is 0 Å². The van der Waals surface area contributed by atoms with Crippen molar-refractivity contribution in [1.82, 2.24) is 15.3 Å². The minimum absolute atomic E-state index is 0.880. The van der Waals surface area contributed by atoms with E-state index in [2.05, 4.69) is 28.5 Å². The van der Waals surface area contributed by atoms with E-state index in [1.54, 1.807) is 0 Å². The van der Waals surface area contributed by atoms with Crippen molar-refractivity contribution in [2.24, 2.45) is 0 Å². The van der Waals surface area contributed by atoms with E-state index >= 15 is 0 Å². The van der Waals surface area contributed by atoms with E-state index in [0.29, 0.717) is 0 Å². The van der Waals surface area contributed by atoms with Gasteiger partial charge in [0.15, 0.2) is 0 Å². The first kappa shape index (κ1) is 17.0. The Morgan fingerprint density at radius 1 is 0.885 bits per heavy atom. The molecule has 0 saturated carbocycles. The highest BCUT2D eigenvalue weighted by atomic mass is 16.3. The van der Waals surface area contributed by atoms with Gasteiger partial charge in [0, 0.05) is 37.4 Å². The monoisotopic (exact) mass is 347 g/mol. The molecule has 4 nitrogen and oxygen atoms in total. The SMILES string of the molecule is CN1CCN(NC2=C[C@@](O)(c3ccccc3)C(c3ccccc3)=C2)CC1. The van der Waals surface area contributed by atoms with E-state index in [9.17, 15) is 5.11 Å². The van der Waals surface area contributed by atoms with Gasteiger partial charge in [-0.3, -0.25) is 0 Å². The van der Waals surface area contributed by atoms with E-state index in [1.165, 1.54) is 0 Å². The molecule has 0 amide bonds. The van der Waals surface area contributed by atoms with Gasteiger partial charge in [0.1, 0.15) is 5.60 Å². The molecule has 1 fully saturated rings. The van der Waals surface area contributed by atoms with Gasteiger partial charge in [-0.25, -0.2) is 5.01 Å². The number of piperazine rings is 1. The van der Waals surface area contributed by atoms with Crippen molar-refractivity contribution < 1.29 is 5.11 Å². The molecule has 0 bridgehead atoms. The second-order valence-corrected chi connectivity index (χ2v) is 7.06. The Morgan fingerprint density at radius 3 is 2.15 bits per heavy atom. The van der Waals surface area contributed by atoms with Gasteiger partial charge in [-0.15, -0.1) is 0 Å². The highest BCUT2D eigenvalue weighted by molar-refractivity contribution is 5.81. The van der Waals surface area contributed by atoms with Crippen LogP contribution in [-0.2, 0) is 5.60 Å². The fourth-order valence-corrected chi connectivity index (χ4v) is 3.63. The van der Waals surface area contributed by atoms with Crippen molar-refractivity contribution in [3.05, 3.63) is 89.6 Å². The van der Waals surface area contributed by atoms with Gasteiger partial charge in [-0.1, -0.05) is 60.7 Å². The number of rotatable bonds is 4. The van der Waals surface area contributed by atoms with Gasteiger partial charge < -0.3 is 15.4 Å². The Bertz CT molecular complexity index is 808. The molecule has 4 heteroatoms. The first-order valence-corrected chi connectivity index (χ1v) is 9.14. The molecule has 2 aromatic carbocycles. The van der Waals surface area contributed by atoms with Gasteiger partial charge in [-0.2, -0.15) is 0 Å². The summed E-state index contributed by atoms with van der Waals surface area (Å²) >= 11 is 0. The van der Waals surface area contributed by atoms with Crippen LogP contribution in [0.5, 0.6) is 0 Å². The van der Waals surface area contributed by atoms with Gasteiger partial charge in [0.2, 0.25) is 0 Å². The predicted molar refractivity (Wildman–Crippen MR) is 105 cm³/mol. The standard InChI is InChI=1S/C22H25N3O/c1-24-12-14-25(15-13-24)23-20-16-21(18-8-4-2-5-9-18)22(26,17-20)19-10-6-3-7-11-19/h2-11,16-17,23,26H,12-15H2,1H3/t22-/m1/s1. The zero-order valence-corrected chi connectivity index (χ0v) is 15.1. The highest BCUT2D eigenvalue weighted by Crippen LogP contribution is 2.42. The summed E-state index contributed by atoms with van der Waals surface area (Å²) in [5.41, 5.74) is 6.13. The number of likely N-dealkylation sites (N-methyl/N-ethyl adjacent to an activating group) is 1. The third-order valence-electron chi connectivity index (χ3n) is 5.16. The van der Waals surface area contributed by atoms with Crippen LogP contribution < -0.4 is 5.43 Å². The summed E-state index contributed by atoms with van der Waals surface area (Å²) in [5, 5.41) is 13.8. The van der Waals surface area contributed by atoms with Crippen LogP contribution in [0.25, 0.3) is 5.57 Å². The molecule has 1 saturated heterocycles. The molecular formula is C22H25N3O. The summed E-state index contributed by atoms with van der Waals surface area (Å²) in [6, 6.07) is 20.0. The fourth-order valence-electron chi connectivity index (χ4n) is 3.63. The second-order valence-electron chi connectivity index (χ2n) is 7.06. The molecule has 1 atom stereocenters. The molecule has 4 rings (SSSR count). The number of hydrazine groups is 1. The van der Waals surface area contributed by atoms with Crippen molar-refractivity contribution in [3.8, 4) is 0 Å². The third kappa shape index (κ3) is 3.31. The molecule has 1 aliphatic carbocycles. The third-order valence-corrected chi connectivity index (χ3v) is 5.16. The molecule has 1 aliphatic heterocycles. The van der Waals surface area contributed by atoms with E-state index in [0.717, 1.165) is 48.6 Å². The minimum atomic E-state index is -1.13. The van der Waals surface area contributed by atoms with Crippen LogP contribution in [0.2, 0.25) is 0 Å². The first-order chi connectivity index (χ1) is 12.6. The van der Waals surface area contributed by atoms with Crippen LogP contribution in [0.1, 0.15) is 11.1 Å². The van der Waals surface area contributed by atoms with Crippen LogP contribution in [0.3, 0.4) is 0 Å². The minimum Gasteiger partial charge on any atom is -0.377 e. The van der Waals surface area contributed by atoms with Gasteiger partial charge in [0.25, 0.3) is 0 Å². The highest BCUT2D eigenvalue weighted by Gasteiger charge is 2.37. The van der Waals surface area contributed by atoms with E-state index < -0.39 is 5.60 Å². The summed E-state index contributed by atoms with van der Waals surface area (Å²) in [6.45, 7) is 4.01. The van der Waals surface area contributed by atoms with Crippen LogP contribution >= 0.6 is 0 Å². The predicted octanol–water partition coefficient (Wildman–Crippen LogP) is 2.61. The smallest absolute Gasteiger partial charge is 0.136 e.